The Bertz CT molecular complexity index is 727. The Morgan fingerprint density at radius 2 is 2.18 bits per heavy atom. The van der Waals surface area contributed by atoms with Crippen LogP contribution in [-0.2, 0) is 11.3 Å². The number of aryl methyl sites for hydroxylation is 2. The van der Waals surface area contributed by atoms with E-state index in [0.29, 0.717) is 16.4 Å². The quantitative estimate of drug-likeness (QED) is 0.676. The molecule has 1 amide bonds. The molecular formula is C14H15ClN4O3. The van der Waals surface area contributed by atoms with Gasteiger partial charge in [0.2, 0.25) is 5.91 Å². The molecule has 22 heavy (non-hydrogen) atoms. The standard InChI is InChI=1S/C14H15ClN4O3/c1-9-3-4-11(15)7-12(9)17-14(20)5-6-18-10(2)13(8-16-18)19(21)22/h3-4,7-8H,5-6H2,1-2H3,(H,17,20). The molecule has 0 unspecified atom stereocenters. The van der Waals surface area contributed by atoms with Crippen molar-refractivity contribution in [1.82, 2.24) is 9.78 Å². The van der Waals surface area contributed by atoms with Gasteiger partial charge in [-0.25, -0.2) is 0 Å². The van der Waals surface area contributed by atoms with Crippen LogP contribution in [0.5, 0.6) is 0 Å². The Morgan fingerprint density at radius 3 is 2.82 bits per heavy atom. The van der Waals surface area contributed by atoms with E-state index in [-0.39, 0.29) is 24.6 Å². The first-order valence-electron chi connectivity index (χ1n) is 6.61. The van der Waals surface area contributed by atoms with Gasteiger partial charge in [-0.2, -0.15) is 5.10 Å². The molecule has 2 rings (SSSR count). The second kappa shape index (κ2) is 6.57. The van der Waals surface area contributed by atoms with Crippen LogP contribution in [0.1, 0.15) is 17.7 Å². The second-order valence-electron chi connectivity index (χ2n) is 4.85. The number of hydrogen-bond donors (Lipinski definition) is 1. The van der Waals surface area contributed by atoms with Crippen LogP contribution in [0.15, 0.2) is 24.4 Å². The van der Waals surface area contributed by atoms with Gasteiger partial charge in [0.1, 0.15) is 11.9 Å². The number of carbonyl (C=O) groups is 1. The third-order valence-corrected chi connectivity index (χ3v) is 3.53. The Kier molecular flexibility index (Phi) is 4.77. The number of nitrogens with zero attached hydrogens (tertiary/aromatic N) is 3. The molecule has 1 aromatic carbocycles. The molecule has 8 heteroatoms. The number of halogens is 1. The van der Waals surface area contributed by atoms with Crippen LogP contribution in [0, 0.1) is 24.0 Å². The van der Waals surface area contributed by atoms with Crippen molar-refractivity contribution in [2.24, 2.45) is 0 Å². The van der Waals surface area contributed by atoms with Crippen LogP contribution in [-0.4, -0.2) is 20.6 Å². The highest BCUT2D eigenvalue weighted by molar-refractivity contribution is 6.31. The minimum Gasteiger partial charge on any atom is -0.326 e. The first-order valence-corrected chi connectivity index (χ1v) is 6.99. The molecule has 1 heterocycles. The molecule has 0 aliphatic rings. The van der Waals surface area contributed by atoms with Gasteiger partial charge in [-0.3, -0.25) is 19.6 Å². The molecular weight excluding hydrogens is 308 g/mol. The van der Waals surface area contributed by atoms with E-state index < -0.39 is 4.92 Å². The lowest BCUT2D eigenvalue weighted by molar-refractivity contribution is -0.385. The molecule has 1 N–H and O–H groups in total. The number of carbonyl (C=O) groups excluding carboxylic acids is 1. The normalized spacial score (nSPS) is 10.5. The highest BCUT2D eigenvalue weighted by Crippen LogP contribution is 2.20. The predicted octanol–water partition coefficient (Wildman–Crippen LogP) is 3.09. The molecule has 7 nitrogen and oxygen atoms in total. The molecule has 0 radical (unpaired) electrons. The van der Waals surface area contributed by atoms with Crippen LogP contribution < -0.4 is 5.32 Å². The van der Waals surface area contributed by atoms with Gasteiger partial charge < -0.3 is 5.32 Å². The zero-order valence-electron chi connectivity index (χ0n) is 12.2. The van der Waals surface area contributed by atoms with Crippen LogP contribution in [0.2, 0.25) is 5.02 Å². The summed E-state index contributed by atoms with van der Waals surface area (Å²) in [4.78, 5) is 22.2. The number of anilines is 1. The van der Waals surface area contributed by atoms with Crippen molar-refractivity contribution in [3.8, 4) is 0 Å². The lowest BCUT2D eigenvalue weighted by Gasteiger charge is -2.09. The van der Waals surface area contributed by atoms with Crippen molar-refractivity contribution in [2.75, 3.05) is 5.32 Å². The Balaban J connectivity index is 1.98. The molecule has 0 aliphatic carbocycles. The summed E-state index contributed by atoms with van der Waals surface area (Å²) in [6.07, 6.45) is 1.35. The summed E-state index contributed by atoms with van der Waals surface area (Å²) < 4.78 is 1.45. The van der Waals surface area contributed by atoms with Crippen LogP contribution in [0.4, 0.5) is 11.4 Å². The third kappa shape index (κ3) is 3.62. The maximum atomic E-state index is 12.0. The van der Waals surface area contributed by atoms with E-state index in [1.165, 1.54) is 10.9 Å². The fourth-order valence-electron chi connectivity index (χ4n) is 1.99. The molecule has 0 spiro atoms. The van der Waals surface area contributed by atoms with E-state index in [4.69, 9.17) is 11.6 Å². The van der Waals surface area contributed by atoms with E-state index in [1.54, 1.807) is 19.1 Å². The van der Waals surface area contributed by atoms with Gasteiger partial charge in [-0.1, -0.05) is 17.7 Å². The van der Waals surface area contributed by atoms with E-state index in [2.05, 4.69) is 10.4 Å². The van der Waals surface area contributed by atoms with E-state index in [9.17, 15) is 14.9 Å². The molecule has 116 valence electrons. The first-order chi connectivity index (χ1) is 10.4. The molecule has 0 saturated carbocycles. The van der Waals surface area contributed by atoms with Crippen molar-refractivity contribution in [1.29, 1.82) is 0 Å². The zero-order chi connectivity index (χ0) is 16.3. The summed E-state index contributed by atoms with van der Waals surface area (Å²) in [5, 5.41) is 18.0. The number of benzene rings is 1. The number of hydrogen-bond acceptors (Lipinski definition) is 4. The second-order valence-corrected chi connectivity index (χ2v) is 5.29. The summed E-state index contributed by atoms with van der Waals surface area (Å²) in [5.41, 5.74) is 1.94. The fourth-order valence-corrected chi connectivity index (χ4v) is 2.16. The first kappa shape index (κ1) is 16.0. The van der Waals surface area contributed by atoms with E-state index in [0.717, 1.165) is 5.56 Å². The zero-order valence-corrected chi connectivity index (χ0v) is 12.9. The summed E-state index contributed by atoms with van der Waals surface area (Å²) >= 11 is 5.90. The number of nitro groups is 1. The van der Waals surface area contributed by atoms with Crippen molar-refractivity contribution >= 4 is 28.9 Å². The van der Waals surface area contributed by atoms with Gasteiger partial charge in [0.15, 0.2) is 0 Å². The monoisotopic (exact) mass is 322 g/mol. The molecule has 0 aliphatic heterocycles. The predicted molar refractivity (Wildman–Crippen MR) is 83.1 cm³/mol. The highest BCUT2D eigenvalue weighted by atomic mass is 35.5. The van der Waals surface area contributed by atoms with Crippen molar-refractivity contribution < 1.29 is 9.72 Å². The topological polar surface area (TPSA) is 90.1 Å². The smallest absolute Gasteiger partial charge is 0.309 e. The number of nitrogens with one attached hydrogen (secondary N) is 1. The number of rotatable bonds is 5. The lowest BCUT2D eigenvalue weighted by atomic mass is 10.2. The minimum absolute atomic E-state index is 0.0499. The van der Waals surface area contributed by atoms with Crippen molar-refractivity contribution in [3.63, 3.8) is 0 Å². The lowest BCUT2D eigenvalue weighted by Crippen LogP contribution is -2.16. The van der Waals surface area contributed by atoms with Crippen molar-refractivity contribution in [3.05, 3.63) is 50.8 Å². The largest absolute Gasteiger partial charge is 0.326 e. The van der Waals surface area contributed by atoms with Gasteiger partial charge in [0, 0.05) is 17.1 Å². The number of aromatic nitrogens is 2. The SMILES string of the molecule is Cc1ccc(Cl)cc1NC(=O)CCn1ncc([N+](=O)[O-])c1C. The maximum absolute atomic E-state index is 12.0. The molecule has 0 atom stereocenters. The Labute approximate surface area is 132 Å². The summed E-state index contributed by atoms with van der Waals surface area (Å²) in [7, 11) is 0. The average Bonchev–Trinajstić information content (AvgIpc) is 2.82. The maximum Gasteiger partial charge on any atom is 0.309 e. The van der Waals surface area contributed by atoms with E-state index in [1.807, 2.05) is 13.0 Å². The van der Waals surface area contributed by atoms with Crippen LogP contribution in [0.25, 0.3) is 0 Å². The molecule has 0 fully saturated rings. The van der Waals surface area contributed by atoms with Gasteiger partial charge in [0.05, 0.1) is 11.5 Å². The molecule has 1 aromatic heterocycles. The van der Waals surface area contributed by atoms with Crippen LogP contribution >= 0.6 is 11.6 Å². The van der Waals surface area contributed by atoms with Crippen LogP contribution in [0.3, 0.4) is 0 Å². The highest BCUT2D eigenvalue weighted by Gasteiger charge is 2.16. The summed E-state index contributed by atoms with van der Waals surface area (Å²) in [5.74, 6) is -0.206. The van der Waals surface area contributed by atoms with Gasteiger partial charge >= 0.3 is 5.69 Å². The molecule has 0 saturated heterocycles. The third-order valence-electron chi connectivity index (χ3n) is 3.30. The summed E-state index contributed by atoms with van der Waals surface area (Å²) in [6, 6.07) is 5.25. The van der Waals surface area contributed by atoms with Gasteiger partial charge in [-0.15, -0.1) is 0 Å². The molecule has 0 bridgehead atoms. The minimum atomic E-state index is -0.492. The Hall–Kier alpha value is -2.41. The van der Waals surface area contributed by atoms with Gasteiger partial charge in [0.25, 0.3) is 0 Å². The summed E-state index contributed by atoms with van der Waals surface area (Å²) in [6.45, 7) is 3.74. The Morgan fingerprint density at radius 1 is 1.45 bits per heavy atom. The van der Waals surface area contributed by atoms with Gasteiger partial charge in [-0.05, 0) is 31.5 Å². The average molecular weight is 323 g/mol. The molecule has 2 aromatic rings. The fraction of sp³-hybridized carbons (Fsp3) is 0.286. The van der Waals surface area contributed by atoms with Crippen molar-refractivity contribution in [2.45, 2.75) is 26.8 Å². The number of amides is 1. The van der Waals surface area contributed by atoms with E-state index >= 15 is 0 Å².